The van der Waals surface area contributed by atoms with Crippen LogP contribution in [0.5, 0.6) is 0 Å². The third-order valence-electron chi connectivity index (χ3n) is 2.52. The predicted molar refractivity (Wildman–Crippen MR) is 71.0 cm³/mol. The van der Waals surface area contributed by atoms with Crippen LogP contribution in [0.15, 0.2) is 24.3 Å². The van der Waals surface area contributed by atoms with Crippen molar-refractivity contribution in [1.29, 1.82) is 0 Å². The van der Waals surface area contributed by atoms with Gasteiger partial charge in [0.2, 0.25) is 11.8 Å². The van der Waals surface area contributed by atoms with Crippen molar-refractivity contribution in [3.05, 3.63) is 35.6 Å². The van der Waals surface area contributed by atoms with E-state index in [-0.39, 0.29) is 36.6 Å². The number of carbonyl (C=O) groups is 2. The van der Waals surface area contributed by atoms with Crippen LogP contribution in [0.4, 0.5) is 4.39 Å². The van der Waals surface area contributed by atoms with Crippen LogP contribution in [0.25, 0.3) is 0 Å². The standard InChI is InChI=1S/C14H19FN2O2/c1-10(2)16-13(18)9-17(3)14(19)8-11-4-6-12(15)7-5-11/h4-7,10H,8-9H2,1-3H3,(H,16,18). The Morgan fingerprint density at radius 2 is 1.84 bits per heavy atom. The lowest BCUT2D eigenvalue weighted by Gasteiger charge is -2.18. The molecular weight excluding hydrogens is 247 g/mol. The maximum atomic E-state index is 12.7. The molecule has 1 N–H and O–H groups in total. The van der Waals surface area contributed by atoms with Gasteiger partial charge in [-0.2, -0.15) is 0 Å². The SMILES string of the molecule is CC(C)NC(=O)CN(C)C(=O)Cc1ccc(F)cc1. The Kier molecular flexibility index (Phi) is 5.48. The van der Waals surface area contributed by atoms with Gasteiger partial charge >= 0.3 is 0 Å². The molecule has 0 spiro atoms. The Balaban J connectivity index is 2.48. The molecule has 0 aliphatic carbocycles. The number of rotatable bonds is 5. The number of hydrogen-bond donors (Lipinski definition) is 1. The average Bonchev–Trinajstić information content (AvgIpc) is 2.30. The van der Waals surface area contributed by atoms with Crippen LogP contribution in [0, 0.1) is 5.82 Å². The highest BCUT2D eigenvalue weighted by Gasteiger charge is 2.13. The summed E-state index contributed by atoms with van der Waals surface area (Å²) in [5, 5.41) is 2.72. The summed E-state index contributed by atoms with van der Waals surface area (Å²) >= 11 is 0. The summed E-state index contributed by atoms with van der Waals surface area (Å²) in [6.45, 7) is 3.74. The number of nitrogens with zero attached hydrogens (tertiary/aromatic N) is 1. The number of halogens is 1. The smallest absolute Gasteiger partial charge is 0.239 e. The fourth-order valence-corrected chi connectivity index (χ4v) is 1.58. The summed E-state index contributed by atoms with van der Waals surface area (Å²) in [6, 6.07) is 5.81. The maximum Gasteiger partial charge on any atom is 0.239 e. The molecule has 0 aliphatic rings. The lowest BCUT2D eigenvalue weighted by molar-refractivity contribution is -0.134. The van der Waals surface area contributed by atoms with E-state index in [1.54, 1.807) is 19.2 Å². The number of carbonyl (C=O) groups excluding carboxylic acids is 2. The van der Waals surface area contributed by atoms with Crippen molar-refractivity contribution in [2.75, 3.05) is 13.6 Å². The van der Waals surface area contributed by atoms with E-state index in [4.69, 9.17) is 0 Å². The van der Waals surface area contributed by atoms with Crippen LogP contribution in [-0.4, -0.2) is 36.3 Å². The zero-order valence-corrected chi connectivity index (χ0v) is 11.4. The molecule has 0 aromatic heterocycles. The first-order valence-electron chi connectivity index (χ1n) is 6.16. The van der Waals surface area contributed by atoms with Crippen LogP contribution in [0.3, 0.4) is 0 Å². The lowest BCUT2D eigenvalue weighted by atomic mass is 10.1. The molecule has 0 unspecified atom stereocenters. The highest BCUT2D eigenvalue weighted by atomic mass is 19.1. The lowest BCUT2D eigenvalue weighted by Crippen LogP contribution is -2.41. The Morgan fingerprint density at radius 1 is 1.26 bits per heavy atom. The van der Waals surface area contributed by atoms with Gasteiger partial charge < -0.3 is 10.2 Å². The molecule has 0 atom stereocenters. The molecule has 104 valence electrons. The molecule has 0 aliphatic heterocycles. The van der Waals surface area contributed by atoms with Crippen molar-refractivity contribution in [3.63, 3.8) is 0 Å². The molecule has 1 rings (SSSR count). The molecule has 0 saturated heterocycles. The van der Waals surface area contributed by atoms with Crippen molar-refractivity contribution in [2.45, 2.75) is 26.3 Å². The van der Waals surface area contributed by atoms with Gasteiger partial charge in [-0.05, 0) is 31.5 Å². The summed E-state index contributed by atoms with van der Waals surface area (Å²) in [7, 11) is 1.58. The minimum Gasteiger partial charge on any atom is -0.352 e. The molecule has 0 bridgehead atoms. The summed E-state index contributed by atoms with van der Waals surface area (Å²) < 4.78 is 12.7. The molecule has 0 heterocycles. The fraction of sp³-hybridized carbons (Fsp3) is 0.429. The second kappa shape index (κ2) is 6.87. The molecule has 0 fully saturated rings. The first-order chi connectivity index (χ1) is 8.88. The average molecular weight is 266 g/mol. The number of amides is 2. The van der Waals surface area contributed by atoms with Crippen molar-refractivity contribution < 1.29 is 14.0 Å². The van der Waals surface area contributed by atoms with Crippen molar-refractivity contribution in [3.8, 4) is 0 Å². The van der Waals surface area contributed by atoms with Gasteiger partial charge in [0, 0.05) is 13.1 Å². The van der Waals surface area contributed by atoms with Gasteiger partial charge in [0.05, 0.1) is 13.0 Å². The van der Waals surface area contributed by atoms with Gasteiger partial charge in [-0.3, -0.25) is 9.59 Å². The van der Waals surface area contributed by atoms with E-state index in [0.29, 0.717) is 0 Å². The number of benzene rings is 1. The second-order valence-corrected chi connectivity index (χ2v) is 4.78. The van der Waals surface area contributed by atoms with Gasteiger partial charge in [0.25, 0.3) is 0 Å². The minimum absolute atomic E-state index is 0.0260. The van der Waals surface area contributed by atoms with Crippen LogP contribution < -0.4 is 5.32 Å². The largest absolute Gasteiger partial charge is 0.352 e. The van der Waals surface area contributed by atoms with Crippen molar-refractivity contribution in [2.24, 2.45) is 0 Å². The molecule has 0 saturated carbocycles. The van der Waals surface area contributed by atoms with Gasteiger partial charge in [-0.15, -0.1) is 0 Å². The molecular formula is C14H19FN2O2. The van der Waals surface area contributed by atoms with Crippen LogP contribution in [-0.2, 0) is 16.0 Å². The van der Waals surface area contributed by atoms with Gasteiger partial charge in [0.15, 0.2) is 0 Å². The second-order valence-electron chi connectivity index (χ2n) is 4.78. The first kappa shape index (κ1) is 15.1. The topological polar surface area (TPSA) is 49.4 Å². The van der Waals surface area contributed by atoms with E-state index < -0.39 is 0 Å². The maximum absolute atomic E-state index is 12.7. The molecule has 19 heavy (non-hydrogen) atoms. The number of nitrogens with one attached hydrogen (secondary N) is 1. The normalized spacial score (nSPS) is 10.4. The van der Waals surface area contributed by atoms with Crippen molar-refractivity contribution >= 4 is 11.8 Å². The van der Waals surface area contributed by atoms with E-state index in [1.165, 1.54) is 17.0 Å². The van der Waals surface area contributed by atoms with Gasteiger partial charge in [-0.25, -0.2) is 4.39 Å². The van der Waals surface area contributed by atoms with Crippen LogP contribution >= 0.6 is 0 Å². The third kappa shape index (κ3) is 5.50. The van der Waals surface area contributed by atoms with Crippen LogP contribution in [0.1, 0.15) is 19.4 Å². The molecule has 1 aromatic rings. The Hall–Kier alpha value is -1.91. The Morgan fingerprint density at radius 3 is 2.37 bits per heavy atom. The first-order valence-corrected chi connectivity index (χ1v) is 6.16. The molecule has 5 heteroatoms. The predicted octanol–water partition coefficient (Wildman–Crippen LogP) is 1.35. The monoisotopic (exact) mass is 266 g/mol. The third-order valence-corrected chi connectivity index (χ3v) is 2.52. The summed E-state index contributed by atoms with van der Waals surface area (Å²) in [5.41, 5.74) is 0.725. The Labute approximate surface area is 112 Å². The number of hydrogen-bond acceptors (Lipinski definition) is 2. The van der Waals surface area contributed by atoms with E-state index in [1.807, 2.05) is 13.8 Å². The summed E-state index contributed by atoms with van der Waals surface area (Å²) in [5.74, 6) is -0.698. The van der Waals surface area contributed by atoms with Gasteiger partial charge in [0.1, 0.15) is 5.82 Å². The molecule has 2 amide bonds. The molecule has 1 aromatic carbocycles. The molecule has 4 nitrogen and oxygen atoms in total. The zero-order chi connectivity index (χ0) is 14.4. The Bertz CT molecular complexity index is 443. The van der Waals surface area contributed by atoms with Gasteiger partial charge in [-0.1, -0.05) is 12.1 Å². The zero-order valence-electron chi connectivity index (χ0n) is 11.4. The number of likely N-dealkylation sites (N-methyl/N-ethyl adjacent to an activating group) is 1. The highest BCUT2D eigenvalue weighted by Crippen LogP contribution is 2.05. The summed E-state index contributed by atoms with van der Waals surface area (Å²) in [6.07, 6.45) is 0.158. The minimum atomic E-state index is -0.333. The summed E-state index contributed by atoms with van der Waals surface area (Å²) in [4.78, 5) is 24.7. The van der Waals surface area contributed by atoms with E-state index in [9.17, 15) is 14.0 Å². The van der Waals surface area contributed by atoms with E-state index in [0.717, 1.165) is 5.56 Å². The van der Waals surface area contributed by atoms with E-state index >= 15 is 0 Å². The molecule has 0 radical (unpaired) electrons. The van der Waals surface area contributed by atoms with Crippen LogP contribution in [0.2, 0.25) is 0 Å². The highest BCUT2D eigenvalue weighted by molar-refractivity contribution is 5.85. The van der Waals surface area contributed by atoms with E-state index in [2.05, 4.69) is 5.32 Å². The van der Waals surface area contributed by atoms with Crippen molar-refractivity contribution in [1.82, 2.24) is 10.2 Å². The quantitative estimate of drug-likeness (QED) is 0.874. The fourth-order valence-electron chi connectivity index (χ4n) is 1.58.